The highest BCUT2D eigenvalue weighted by Crippen LogP contribution is 2.40. The van der Waals surface area contributed by atoms with Crippen LogP contribution in [0.15, 0.2) is 29.9 Å². The second-order valence-electron chi connectivity index (χ2n) is 6.33. The molecule has 0 atom stereocenters. The number of rotatable bonds is 5. The third kappa shape index (κ3) is 3.65. The molecule has 25 heavy (non-hydrogen) atoms. The van der Waals surface area contributed by atoms with Gasteiger partial charge in [0.05, 0.1) is 26.9 Å². The van der Waals surface area contributed by atoms with Gasteiger partial charge in [-0.15, -0.1) is 0 Å². The first-order valence-corrected chi connectivity index (χ1v) is 8.64. The third-order valence-electron chi connectivity index (χ3n) is 4.88. The van der Waals surface area contributed by atoms with Gasteiger partial charge < -0.3 is 19.1 Å². The highest BCUT2D eigenvalue weighted by Gasteiger charge is 2.23. The lowest BCUT2D eigenvalue weighted by Crippen LogP contribution is -2.33. The van der Waals surface area contributed by atoms with Crippen LogP contribution < -0.4 is 14.2 Å². The molecule has 0 radical (unpaired) electrons. The molecule has 0 spiro atoms. The Balaban J connectivity index is 1.82. The van der Waals surface area contributed by atoms with Gasteiger partial charge in [0.15, 0.2) is 0 Å². The Bertz CT molecular complexity index is 689. The minimum absolute atomic E-state index is 0.124. The van der Waals surface area contributed by atoms with E-state index in [-0.39, 0.29) is 5.91 Å². The molecule has 1 aliphatic carbocycles. The van der Waals surface area contributed by atoms with E-state index < -0.39 is 0 Å². The molecule has 1 fully saturated rings. The van der Waals surface area contributed by atoms with Crippen molar-refractivity contribution in [1.82, 2.24) is 4.90 Å². The molecule has 1 heterocycles. The normalized spacial score (nSPS) is 16.7. The van der Waals surface area contributed by atoms with Crippen LogP contribution in [0.4, 0.5) is 0 Å². The van der Waals surface area contributed by atoms with Crippen molar-refractivity contribution in [3.63, 3.8) is 0 Å². The number of carbonyl (C=O) groups excluding carboxylic acids is 1. The molecule has 0 saturated heterocycles. The van der Waals surface area contributed by atoms with Crippen LogP contribution in [0.2, 0.25) is 0 Å². The molecule has 3 rings (SSSR count). The molecular formula is C20H25NO4. The Labute approximate surface area is 148 Å². The summed E-state index contributed by atoms with van der Waals surface area (Å²) in [6, 6.07) is 3.72. The van der Waals surface area contributed by atoms with Gasteiger partial charge in [-0.2, -0.15) is 0 Å². The molecule has 1 aliphatic heterocycles. The molecule has 1 amide bonds. The van der Waals surface area contributed by atoms with Crippen molar-refractivity contribution in [1.29, 1.82) is 0 Å². The van der Waals surface area contributed by atoms with Gasteiger partial charge in [-0.05, 0) is 31.3 Å². The SMILES string of the molecule is COc1cc(OC)c(C2=CCN(C(=O)C=C3CCC3)CC2)c(OC)c1. The first kappa shape index (κ1) is 17.4. The van der Waals surface area contributed by atoms with Crippen molar-refractivity contribution in [2.75, 3.05) is 34.4 Å². The van der Waals surface area contributed by atoms with Crippen molar-refractivity contribution in [2.24, 2.45) is 0 Å². The fourth-order valence-corrected chi connectivity index (χ4v) is 3.21. The van der Waals surface area contributed by atoms with E-state index in [0.29, 0.717) is 18.8 Å². The standard InChI is InChI=1S/C20H25NO4/c1-23-16-12-17(24-2)20(18(13-16)25-3)15-7-9-21(10-8-15)19(22)11-14-5-4-6-14/h7,11-13H,4-6,8-10H2,1-3H3. The van der Waals surface area contributed by atoms with Gasteiger partial charge in [-0.1, -0.05) is 11.6 Å². The largest absolute Gasteiger partial charge is 0.496 e. The van der Waals surface area contributed by atoms with E-state index >= 15 is 0 Å². The molecule has 0 N–H and O–H groups in total. The zero-order valence-corrected chi connectivity index (χ0v) is 15.1. The van der Waals surface area contributed by atoms with Crippen LogP contribution in [0.5, 0.6) is 17.2 Å². The molecule has 134 valence electrons. The van der Waals surface area contributed by atoms with E-state index in [4.69, 9.17) is 14.2 Å². The molecule has 5 heteroatoms. The first-order chi connectivity index (χ1) is 12.2. The summed E-state index contributed by atoms with van der Waals surface area (Å²) in [6.45, 7) is 1.31. The van der Waals surface area contributed by atoms with E-state index in [1.54, 1.807) is 21.3 Å². The fourth-order valence-electron chi connectivity index (χ4n) is 3.21. The van der Waals surface area contributed by atoms with Gasteiger partial charge in [0.2, 0.25) is 5.91 Å². The van der Waals surface area contributed by atoms with Crippen LogP contribution in [0.3, 0.4) is 0 Å². The average molecular weight is 343 g/mol. The summed E-state index contributed by atoms with van der Waals surface area (Å²) in [4.78, 5) is 14.2. The molecule has 0 bridgehead atoms. The summed E-state index contributed by atoms with van der Waals surface area (Å²) < 4.78 is 16.4. The Morgan fingerprint density at radius 2 is 1.72 bits per heavy atom. The summed E-state index contributed by atoms with van der Waals surface area (Å²) >= 11 is 0. The van der Waals surface area contributed by atoms with Gasteiger partial charge in [0, 0.05) is 31.3 Å². The van der Waals surface area contributed by atoms with Crippen molar-refractivity contribution in [2.45, 2.75) is 25.7 Å². The number of ether oxygens (including phenoxy) is 3. The van der Waals surface area contributed by atoms with Crippen molar-refractivity contribution >= 4 is 11.5 Å². The summed E-state index contributed by atoms with van der Waals surface area (Å²) in [5.41, 5.74) is 3.35. The third-order valence-corrected chi connectivity index (χ3v) is 4.88. The minimum Gasteiger partial charge on any atom is -0.496 e. The van der Waals surface area contributed by atoms with Crippen molar-refractivity contribution < 1.29 is 19.0 Å². The number of amides is 1. The monoisotopic (exact) mass is 343 g/mol. The maximum atomic E-state index is 12.3. The van der Waals surface area contributed by atoms with Crippen molar-refractivity contribution in [3.8, 4) is 17.2 Å². The van der Waals surface area contributed by atoms with E-state index in [0.717, 1.165) is 41.9 Å². The molecule has 1 saturated carbocycles. The molecule has 1 aromatic rings. The predicted molar refractivity (Wildman–Crippen MR) is 97.2 cm³/mol. The number of methoxy groups -OCH3 is 3. The maximum absolute atomic E-state index is 12.3. The number of nitrogens with zero attached hydrogens (tertiary/aromatic N) is 1. The Morgan fingerprint density at radius 3 is 2.16 bits per heavy atom. The smallest absolute Gasteiger partial charge is 0.246 e. The second-order valence-corrected chi connectivity index (χ2v) is 6.33. The quantitative estimate of drug-likeness (QED) is 0.769. The summed E-state index contributed by atoms with van der Waals surface area (Å²) in [6.07, 6.45) is 8.03. The number of hydrogen-bond acceptors (Lipinski definition) is 4. The van der Waals surface area contributed by atoms with Gasteiger partial charge in [-0.25, -0.2) is 0 Å². The van der Waals surface area contributed by atoms with E-state index in [1.165, 1.54) is 12.0 Å². The number of benzene rings is 1. The van der Waals surface area contributed by atoms with Crippen LogP contribution in [0.25, 0.3) is 5.57 Å². The molecule has 0 aromatic heterocycles. The molecule has 2 aliphatic rings. The Hall–Kier alpha value is -2.43. The fraction of sp³-hybridized carbons (Fsp3) is 0.450. The lowest BCUT2D eigenvalue weighted by molar-refractivity contribution is -0.125. The molecule has 0 unspecified atom stereocenters. The minimum atomic E-state index is 0.124. The number of allylic oxidation sites excluding steroid dienone is 1. The average Bonchev–Trinajstić information content (AvgIpc) is 2.63. The zero-order chi connectivity index (χ0) is 17.8. The topological polar surface area (TPSA) is 48.0 Å². The summed E-state index contributed by atoms with van der Waals surface area (Å²) in [5, 5.41) is 0. The highest BCUT2D eigenvalue weighted by molar-refractivity contribution is 5.89. The van der Waals surface area contributed by atoms with Crippen LogP contribution in [-0.2, 0) is 4.79 Å². The number of hydrogen-bond donors (Lipinski definition) is 0. The van der Waals surface area contributed by atoms with Gasteiger partial charge >= 0.3 is 0 Å². The molecule has 5 nitrogen and oxygen atoms in total. The lowest BCUT2D eigenvalue weighted by atomic mass is 9.92. The van der Waals surface area contributed by atoms with Crippen LogP contribution >= 0.6 is 0 Å². The van der Waals surface area contributed by atoms with Crippen LogP contribution in [0, 0.1) is 0 Å². The lowest BCUT2D eigenvalue weighted by Gasteiger charge is -2.28. The van der Waals surface area contributed by atoms with Crippen LogP contribution in [-0.4, -0.2) is 45.2 Å². The van der Waals surface area contributed by atoms with Gasteiger partial charge in [-0.3, -0.25) is 4.79 Å². The van der Waals surface area contributed by atoms with E-state index in [9.17, 15) is 4.79 Å². The second kappa shape index (κ2) is 7.64. The van der Waals surface area contributed by atoms with E-state index in [1.807, 2.05) is 23.1 Å². The van der Waals surface area contributed by atoms with Crippen LogP contribution in [0.1, 0.15) is 31.2 Å². The highest BCUT2D eigenvalue weighted by atomic mass is 16.5. The maximum Gasteiger partial charge on any atom is 0.246 e. The predicted octanol–water partition coefficient (Wildman–Crippen LogP) is 3.44. The molecule has 1 aromatic carbocycles. The number of carbonyl (C=O) groups is 1. The van der Waals surface area contributed by atoms with Gasteiger partial charge in [0.25, 0.3) is 0 Å². The van der Waals surface area contributed by atoms with Gasteiger partial charge in [0.1, 0.15) is 17.2 Å². The zero-order valence-electron chi connectivity index (χ0n) is 15.1. The summed E-state index contributed by atoms with van der Waals surface area (Å²) in [7, 11) is 4.90. The summed E-state index contributed by atoms with van der Waals surface area (Å²) in [5.74, 6) is 2.26. The molecular weight excluding hydrogens is 318 g/mol. The Kier molecular flexibility index (Phi) is 5.31. The van der Waals surface area contributed by atoms with Crippen molar-refractivity contribution in [3.05, 3.63) is 35.4 Å². The first-order valence-electron chi connectivity index (χ1n) is 8.64. The van der Waals surface area contributed by atoms with E-state index in [2.05, 4.69) is 6.08 Å². The Morgan fingerprint density at radius 1 is 1.04 bits per heavy atom.